The zero-order valence-corrected chi connectivity index (χ0v) is 27.4. The highest BCUT2D eigenvalue weighted by molar-refractivity contribution is 7.19. The van der Waals surface area contributed by atoms with Crippen LogP contribution >= 0.6 is 22.9 Å². The van der Waals surface area contributed by atoms with Gasteiger partial charge >= 0.3 is 0 Å². The topological polar surface area (TPSA) is 98.2 Å². The first-order valence-corrected chi connectivity index (χ1v) is 15.3. The Balaban J connectivity index is 0.000000355. The zero-order chi connectivity index (χ0) is 32.4. The first-order valence-electron chi connectivity index (χ1n) is 14.1. The highest BCUT2D eigenvalue weighted by Crippen LogP contribution is 2.27. The van der Waals surface area contributed by atoms with Gasteiger partial charge in [0.05, 0.1) is 12.2 Å². The number of aldehydes is 1. The molecule has 0 saturated carbocycles. The number of thiophene rings is 1. The quantitative estimate of drug-likeness (QED) is 0.103. The number of hydrogen-bond donors (Lipinski definition) is 3. The number of rotatable bonds is 8. The van der Waals surface area contributed by atoms with Crippen LogP contribution < -0.4 is 10.6 Å². The fourth-order valence-electron chi connectivity index (χ4n) is 3.75. The van der Waals surface area contributed by atoms with Crippen molar-refractivity contribution in [1.29, 1.82) is 5.41 Å². The second-order valence-corrected chi connectivity index (χ2v) is 10.7. The van der Waals surface area contributed by atoms with E-state index in [1.807, 2.05) is 57.0 Å². The van der Waals surface area contributed by atoms with Gasteiger partial charge in [0, 0.05) is 46.7 Å². The Labute approximate surface area is 264 Å². The van der Waals surface area contributed by atoms with Crippen LogP contribution in [-0.2, 0) is 16.1 Å². The van der Waals surface area contributed by atoms with E-state index in [9.17, 15) is 14.0 Å². The monoisotopic (exact) mass is 627 g/mol. The molecule has 3 aromatic rings. The summed E-state index contributed by atoms with van der Waals surface area (Å²) in [6, 6.07) is 10.5. The smallest absolute Gasteiger partial charge is 0.242 e. The van der Waals surface area contributed by atoms with Gasteiger partial charge in [-0.1, -0.05) is 62.4 Å². The maximum Gasteiger partial charge on any atom is 0.242 e. The Bertz CT molecular complexity index is 1370. The minimum Gasteiger partial charge on any atom is -0.379 e. The Morgan fingerprint density at radius 2 is 1.93 bits per heavy atom. The van der Waals surface area contributed by atoms with Crippen LogP contribution in [0.1, 0.15) is 51.0 Å². The number of aromatic nitrogens is 1. The molecular weight excluding hydrogens is 585 g/mol. The minimum absolute atomic E-state index is 0.0600. The molecule has 3 N–H and O–H groups in total. The molecule has 1 unspecified atom stereocenters. The van der Waals surface area contributed by atoms with Crippen molar-refractivity contribution in [3.63, 3.8) is 0 Å². The van der Waals surface area contributed by atoms with Gasteiger partial charge in [-0.2, -0.15) is 0 Å². The molecule has 4 rings (SSSR count). The third-order valence-electron chi connectivity index (χ3n) is 6.40. The van der Waals surface area contributed by atoms with E-state index in [2.05, 4.69) is 22.2 Å². The van der Waals surface area contributed by atoms with E-state index in [-0.39, 0.29) is 17.8 Å². The number of benzene rings is 1. The number of nitrogens with zero attached hydrogens (tertiary/aromatic N) is 2. The number of carbonyl (C=O) groups excluding carboxylic acids is 2. The molecule has 3 heterocycles. The zero-order valence-electron chi connectivity index (χ0n) is 25.8. The van der Waals surface area contributed by atoms with Crippen LogP contribution in [0, 0.1) is 18.2 Å². The molecule has 0 bridgehead atoms. The van der Waals surface area contributed by atoms with Gasteiger partial charge in [-0.25, -0.2) is 9.37 Å². The van der Waals surface area contributed by atoms with Gasteiger partial charge in [-0.15, -0.1) is 11.3 Å². The lowest BCUT2D eigenvalue weighted by atomic mass is 10.2. The Kier molecular flexibility index (Phi) is 17.4. The largest absolute Gasteiger partial charge is 0.379 e. The summed E-state index contributed by atoms with van der Waals surface area (Å²) in [4.78, 5) is 29.7. The average Bonchev–Trinajstić information content (AvgIpc) is 3.59. The number of amides is 1. The highest BCUT2D eigenvalue weighted by Gasteiger charge is 2.29. The predicted octanol–water partition coefficient (Wildman–Crippen LogP) is 7.61. The number of fused-ring (bicyclic) bond motifs is 1. The number of likely N-dealkylation sites (N-methyl/N-ethyl adjacent to an activating group) is 1. The van der Waals surface area contributed by atoms with Gasteiger partial charge < -0.3 is 20.9 Å². The Hall–Kier alpha value is -3.82. The second-order valence-electron chi connectivity index (χ2n) is 9.18. The third-order valence-corrected chi connectivity index (χ3v) is 7.70. The molecule has 1 saturated heterocycles. The van der Waals surface area contributed by atoms with Gasteiger partial charge in [0.15, 0.2) is 6.29 Å². The Morgan fingerprint density at radius 1 is 1.23 bits per heavy atom. The second kappa shape index (κ2) is 20.1. The molecule has 43 heavy (non-hydrogen) atoms. The van der Waals surface area contributed by atoms with Crippen LogP contribution in [0.25, 0.3) is 10.1 Å². The van der Waals surface area contributed by atoms with Gasteiger partial charge in [0.1, 0.15) is 17.0 Å². The van der Waals surface area contributed by atoms with Crippen molar-refractivity contribution < 1.29 is 14.0 Å². The molecule has 1 aromatic carbocycles. The molecule has 1 aliphatic rings. The van der Waals surface area contributed by atoms with E-state index >= 15 is 0 Å². The predicted molar refractivity (Wildman–Crippen MR) is 179 cm³/mol. The summed E-state index contributed by atoms with van der Waals surface area (Å²) in [5, 5.41) is 14.4. The summed E-state index contributed by atoms with van der Waals surface area (Å²) >= 11 is 7.51. The number of allylic oxidation sites excluding steroid dienone is 4. The van der Waals surface area contributed by atoms with Crippen molar-refractivity contribution in [2.75, 3.05) is 13.6 Å². The van der Waals surface area contributed by atoms with Crippen LogP contribution in [0.4, 0.5) is 4.39 Å². The van der Waals surface area contributed by atoms with E-state index in [4.69, 9.17) is 17.0 Å². The van der Waals surface area contributed by atoms with Crippen LogP contribution in [-0.4, -0.2) is 47.9 Å². The number of aryl methyl sites for hydroxylation is 1. The van der Waals surface area contributed by atoms with Crippen molar-refractivity contribution in [3.05, 3.63) is 99.7 Å². The van der Waals surface area contributed by atoms with Crippen LogP contribution in [0.5, 0.6) is 0 Å². The fourth-order valence-corrected chi connectivity index (χ4v) is 4.98. The fraction of sp³-hybridized carbons (Fsp3) is 0.333. The number of pyridine rings is 1. The lowest BCUT2D eigenvalue weighted by molar-refractivity contribution is -0.124. The van der Waals surface area contributed by atoms with E-state index < -0.39 is 0 Å². The molecule has 1 atom stereocenters. The summed E-state index contributed by atoms with van der Waals surface area (Å²) in [7, 11) is 1.92. The summed E-state index contributed by atoms with van der Waals surface area (Å²) in [6.07, 6.45) is 9.05. The average molecular weight is 628 g/mol. The number of nitrogens with one attached hydrogen (secondary N) is 3. The molecule has 0 aliphatic carbocycles. The van der Waals surface area contributed by atoms with Crippen molar-refractivity contribution in [1.82, 2.24) is 20.5 Å². The summed E-state index contributed by atoms with van der Waals surface area (Å²) in [5.74, 6) is -0.0720. The summed E-state index contributed by atoms with van der Waals surface area (Å²) < 4.78 is 13.4. The lowest BCUT2D eigenvalue weighted by Crippen LogP contribution is -2.40. The van der Waals surface area contributed by atoms with Crippen LogP contribution in [0.3, 0.4) is 0 Å². The van der Waals surface area contributed by atoms with Gasteiger partial charge in [0.2, 0.25) is 5.91 Å². The molecule has 232 valence electrons. The molecule has 7 nitrogen and oxygen atoms in total. The highest BCUT2D eigenvalue weighted by atomic mass is 35.5. The standard InChI is InChI=1S/C15H16ClN3OS.C9H14N2O.C7H7F.C2H6/c1-9-3-4-12(19(9)2)15(20)18-8-11-5-10-7-17-14(16)6-13(10)21-11;1-3-8(5-10)6-11-9(4-2)7-12;1-6-4-2-3-5-7(6)8;1-2/h5-7,12H,1,3-4,8H2,2H3,(H,18,20);3-5,7,10-11H,6H2,1-2H3;2-5H,1H3;1-2H3/b;8-3+,9-4+,10-5?;;. The molecule has 1 amide bonds. The molecular formula is C33H43ClFN5O2S. The maximum atomic E-state index is 12.3. The lowest BCUT2D eigenvalue weighted by Gasteiger charge is -2.21. The normalized spacial score (nSPS) is 14.4. The van der Waals surface area contributed by atoms with E-state index in [1.54, 1.807) is 49.6 Å². The first kappa shape index (κ1) is 37.2. The number of hydrogen-bond acceptors (Lipinski definition) is 7. The first-order chi connectivity index (χ1) is 20.6. The van der Waals surface area contributed by atoms with Gasteiger partial charge in [-0.05, 0) is 62.9 Å². The van der Waals surface area contributed by atoms with Gasteiger partial charge in [-0.3, -0.25) is 9.59 Å². The van der Waals surface area contributed by atoms with Crippen molar-refractivity contribution in [2.24, 2.45) is 0 Å². The molecule has 1 fully saturated rings. The van der Waals surface area contributed by atoms with Crippen molar-refractivity contribution >= 4 is 51.4 Å². The van der Waals surface area contributed by atoms with Crippen LogP contribution in [0.2, 0.25) is 5.15 Å². The van der Waals surface area contributed by atoms with Crippen LogP contribution in [0.15, 0.2) is 78.3 Å². The van der Waals surface area contributed by atoms with E-state index in [0.29, 0.717) is 29.5 Å². The molecule has 10 heteroatoms. The van der Waals surface area contributed by atoms with E-state index in [0.717, 1.165) is 45.4 Å². The maximum absolute atomic E-state index is 12.3. The summed E-state index contributed by atoms with van der Waals surface area (Å²) in [6.45, 7) is 14.4. The molecule has 2 aromatic heterocycles. The van der Waals surface area contributed by atoms with E-state index in [1.165, 1.54) is 12.3 Å². The number of halogens is 2. The van der Waals surface area contributed by atoms with Crippen molar-refractivity contribution in [2.45, 2.75) is 60.0 Å². The number of carbonyl (C=O) groups is 2. The van der Waals surface area contributed by atoms with Crippen molar-refractivity contribution in [3.8, 4) is 0 Å². The number of likely N-dealkylation sites (tertiary alicyclic amines) is 1. The molecule has 1 aliphatic heterocycles. The molecule has 0 spiro atoms. The third kappa shape index (κ3) is 12.5. The minimum atomic E-state index is -0.132. The Morgan fingerprint density at radius 3 is 2.44 bits per heavy atom. The SMILES string of the molecule is C/C=C(\C=N)CN/C(C=O)=C/C.C=C1CCC(C(=O)NCc2cc3cnc(Cl)cc3s2)N1C.CC.Cc1ccccc1F. The molecule has 0 radical (unpaired) electrons. The van der Waals surface area contributed by atoms with Gasteiger partial charge in [0.25, 0.3) is 0 Å². The summed E-state index contributed by atoms with van der Waals surface area (Å²) in [5.41, 5.74) is 3.14.